The second-order valence-corrected chi connectivity index (χ2v) is 7.08. The fourth-order valence-electron chi connectivity index (χ4n) is 4.01. The van der Waals surface area contributed by atoms with Crippen LogP contribution in [0.4, 0.5) is 5.69 Å². The molecule has 4 rings (SSSR count). The van der Waals surface area contributed by atoms with Crippen molar-refractivity contribution >= 4 is 16.6 Å². The highest BCUT2D eigenvalue weighted by Crippen LogP contribution is 2.43. The number of H-pyrrole nitrogens is 1. The molecule has 0 bridgehead atoms. The first kappa shape index (κ1) is 15.8. The molecule has 2 N–H and O–H groups in total. The maximum absolute atomic E-state index is 11.3. The van der Waals surface area contributed by atoms with Crippen LogP contribution in [0.15, 0.2) is 29.4 Å². The zero-order valence-corrected chi connectivity index (χ0v) is 14.7. The number of aryl methyl sites for hydroxylation is 2. The number of rotatable bonds is 2. The fraction of sp³-hybridized carbons (Fsp3) is 0.300. The van der Waals surface area contributed by atoms with E-state index in [9.17, 15) is 10.0 Å². The number of hydrogen-bond acceptors (Lipinski definition) is 4. The first-order valence-corrected chi connectivity index (χ1v) is 8.48. The van der Waals surface area contributed by atoms with Crippen LogP contribution in [-0.2, 0) is 13.0 Å². The normalized spacial score (nSPS) is 14.7. The number of aromatic amines is 1. The number of nitrogens with one attached hydrogen (secondary N) is 1. The van der Waals surface area contributed by atoms with Crippen molar-refractivity contribution in [3.05, 3.63) is 51.4 Å². The summed E-state index contributed by atoms with van der Waals surface area (Å²) in [5.74, 6) is -0.155. The van der Waals surface area contributed by atoms with E-state index in [2.05, 4.69) is 54.2 Å². The lowest BCUT2D eigenvalue weighted by molar-refractivity contribution is 0.314. The molecule has 0 unspecified atom stereocenters. The Kier molecular flexibility index (Phi) is 3.62. The second-order valence-electron chi connectivity index (χ2n) is 7.08. The van der Waals surface area contributed by atoms with Gasteiger partial charge < -0.3 is 15.0 Å². The summed E-state index contributed by atoms with van der Waals surface area (Å²) in [6, 6.07) is 8.50. The lowest BCUT2D eigenvalue weighted by Gasteiger charge is -2.28. The number of likely N-dealkylation sites (N-methyl/N-ethyl adjacent to an activating group) is 1. The third-order valence-corrected chi connectivity index (χ3v) is 5.07. The highest BCUT2D eigenvalue weighted by atomic mass is 16.3. The van der Waals surface area contributed by atoms with Gasteiger partial charge in [-0.3, -0.25) is 0 Å². The van der Waals surface area contributed by atoms with Crippen molar-refractivity contribution in [2.45, 2.75) is 26.8 Å². The summed E-state index contributed by atoms with van der Waals surface area (Å²) in [6.07, 6.45) is 0.938. The Hall–Kier alpha value is -2.66. The molecule has 0 atom stereocenters. The molecule has 5 heteroatoms. The van der Waals surface area contributed by atoms with Gasteiger partial charge in [0.1, 0.15) is 0 Å². The van der Waals surface area contributed by atoms with Gasteiger partial charge in [0.2, 0.25) is 5.88 Å². The smallest absolute Gasteiger partial charge is 0.219 e. The number of hydrogen-bond donors (Lipinski definition) is 2. The van der Waals surface area contributed by atoms with Crippen LogP contribution in [0, 0.1) is 18.8 Å². The molecule has 0 saturated heterocycles. The summed E-state index contributed by atoms with van der Waals surface area (Å²) in [7, 11) is 2.08. The topological polar surface area (TPSA) is 68.7 Å². The summed E-state index contributed by atoms with van der Waals surface area (Å²) >= 11 is 0. The average Bonchev–Trinajstić information content (AvgIpc) is 2.88. The molecule has 0 radical (unpaired) electrons. The standard InChI is InChI=1S/C20H21N3O2/c1-11-6-12(2)8-13(7-11)15-9-16-18(21-20(24)19(16)22-25)17-10-23(3)5-4-14(15)17/h6-9,21,24H,4-5,10H2,1-3H3. The van der Waals surface area contributed by atoms with Crippen molar-refractivity contribution in [1.82, 2.24) is 9.88 Å². The monoisotopic (exact) mass is 335 g/mol. The lowest BCUT2D eigenvalue weighted by atomic mass is 9.88. The van der Waals surface area contributed by atoms with Crippen LogP contribution >= 0.6 is 0 Å². The summed E-state index contributed by atoms with van der Waals surface area (Å²) in [4.78, 5) is 16.5. The molecule has 1 aliphatic heterocycles. The Labute approximate surface area is 146 Å². The summed E-state index contributed by atoms with van der Waals surface area (Å²) < 4.78 is 0. The predicted octanol–water partition coefficient (Wildman–Crippen LogP) is 4.54. The Morgan fingerprint density at radius 2 is 1.84 bits per heavy atom. The molecule has 3 aromatic rings. The maximum Gasteiger partial charge on any atom is 0.219 e. The van der Waals surface area contributed by atoms with E-state index < -0.39 is 0 Å². The predicted molar refractivity (Wildman–Crippen MR) is 100 cm³/mol. The van der Waals surface area contributed by atoms with Gasteiger partial charge in [0.15, 0.2) is 5.69 Å². The van der Waals surface area contributed by atoms with Gasteiger partial charge in [-0.05, 0) is 60.8 Å². The van der Waals surface area contributed by atoms with Crippen LogP contribution < -0.4 is 0 Å². The minimum atomic E-state index is -0.155. The minimum absolute atomic E-state index is 0.0941. The van der Waals surface area contributed by atoms with Gasteiger partial charge in [0.05, 0.1) is 5.52 Å². The van der Waals surface area contributed by atoms with Crippen LogP contribution in [-0.4, -0.2) is 28.6 Å². The van der Waals surface area contributed by atoms with Crippen molar-refractivity contribution in [1.29, 1.82) is 0 Å². The molecule has 0 fully saturated rings. The van der Waals surface area contributed by atoms with Crippen LogP contribution in [0.2, 0.25) is 0 Å². The molecule has 5 nitrogen and oxygen atoms in total. The molecule has 0 amide bonds. The summed E-state index contributed by atoms with van der Waals surface area (Å²) in [5, 5.41) is 13.8. The Bertz CT molecular complexity index is 984. The van der Waals surface area contributed by atoms with Crippen molar-refractivity contribution < 1.29 is 5.11 Å². The fourth-order valence-corrected chi connectivity index (χ4v) is 4.01. The summed E-state index contributed by atoms with van der Waals surface area (Å²) in [5.41, 5.74) is 8.05. The molecule has 1 aromatic heterocycles. The summed E-state index contributed by atoms with van der Waals surface area (Å²) in [6.45, 7) is 5.95. The van der Waals surface area contributed by atoms with Gasteiger partial charge in [0, 0.05) is 18.5 Å². The molecule has 2 heterocycles. The van der Waals surface area contributed by atoms with Crippen molar-refractivity contribution in [3.8, 4) is 17.0 Å². The molecule has 1 aliphatic rings. The van der Waals surface area contributed by atoms with E-state index in [-0.39, 0.29) is 11.6 Å². The van der Waals surface area contributed by atoms with Crippen LogP contribution in [0.25, 0.3) is 22.0 Å². The van der Waals surface area contributed by atoms with Gasteiger partial charge in [0.25, 0.3) is 0 Å². The quantitative estimate of drug-likeness (QED) is 0.675. The Balaban J connectivity index is 2.08. The number of benzene rings is 2. The highest BCUT2D eigenvalue weighted by molar-refractivity contribution is 6.00. The highest BCUT2D eigenvalue weighted by Gasteiger charge is 2.24. The first-order valence-electron chi connectivity index (χ1n) is 8.48. The van der Waals surface area contributed by atoms with Gasteiger partial charge >= 0.3 is 0 Å². The third-order valence-electron chi connectivity index (χ3n) is 5.07. The SMILES string of the molecule is Cc1cc(C)cc(-c2cc3c(N=O)c(O)[nH]c3c3c2CCN(C)C3)c1. The van der Waals surface area contributed by atoms with E-state index in [1.807, 2.05) is 6.07 Å². The van der Waals surface area contributed by atoms with E-state index in [0.717, 1.165) is 41.7 Å². The average molecular weight is 335 g/mol. The van der Waals surface area contributed by atoms with Gasteiger partial charge in [-0.25, -0.2) is 0 Å². The number of aromatic nitrogens is 1. The molecule has 128 valence electrons. The largest absolute Gasteiger partial charge is 0.493 e. The zero-order valence-electron chi connectivity index (χ0n) is 14.7. The van der Waals surface area contributed by atoms with Crippen molar-refractivity contribution in [3.63, 3.8) is 0 Å². The Morgan fingerprint density at radius 1 is 1.12 bits per heavy atom. The van der Waals surface area contributed by atoms with Crippen molar-refractivity contribution in [2.75, 3.05) is 13.6 Å². The minimum Gasteiger partial charge on any atom is -0.493 e. The molecular formula is C20H21N3O2. The van der Waals surface area contributed by atoms with Gasteiger partial charge in [-0.1, -0.05) is 29.3 Å². The van der Waals surface area contributed by atoms with E-state index in [1.54, 1.807) is 0 Å². The number of aromatic hydroxyl groups is 1. The first-order chi connectivity index (χ1) is 12.0. The Morgan fingerprint density at radius 3 is 2.52 bits per heavy atom. The molecular weight excluding hydrogens is 314 g/mol. The van der Waals surface area contributed by atoms with E-state index in [0.29, 0.717) is 5.39 Å². The van der Waals surface area contributed by atoms with Crippen molar-refractivity contribution in [2.24, 2.45) is 5.18 Å². The maximum atomic E-state index is 11.3. The van der Waals surface area contributed by atoms with Crippen LogP contribution in [0.3, 0.4) is 0 Å². The number of nitroso groups, excluding NO2 is 1. The zero-order chi connectivity index (χ0) is 17.7. The lowest BCUT2D eigenvalue weighted by Crippen LogP contribution is -2.27. The van der Waals surface area contributed by atoms with Crippen LogP contribution in [0.1, 0.15) is 22.3 Å². The van der Waals surface area contributed by atoms with Gasteiger partial charge in [-0.15, -0.1) is 4.91 Å². The second kappa shape index (κ2) is 5.70. The molecule has 0 saturated carbocycles. The third kappa shape index (κ3) is 2.51. The molecule has 0 aliphatic carbocycles. The number of fused-ring (bicyclic) bond motifs is 3. The van der Waals surface area contributed by atoms with E-state index in [1.165, 1.54) is 16.7 Å². The molecule has 2 aromatic carbocycles. The van der Waals surface area contributed by atoms with E-state index in [4.69, 9.17) is 0 Å². The molecule has 25 heavy (non-hydrogen) atoms. The van der Waals surface area contributed by atoms with Crippen LogP contribution in [0.5, 0.6) is 5.88 Å². The van der Waals surface area contributed by atoms with E-state index >= 15 is 0 Å². The van der Waals surface area contributed by atoms with Gasteiger partial charge in [-0.2, -0.15) is 0 Å². The number of nitrogens with zero attached hydrogens (tertiary/aromatic N) is 2. The molecule has 0 spiro atoms.